The first-order valence-corrected chi connectivity index (χ1v) is 7.27. The van der Waals surface area contributed by atoms with Crippen LogP contribution in [-0.2, 0) is 14.8 Å². The number of hydrogen-bond donors (Lipinski definition) is 1. The maximum atomic E-state index is 12.3. The largest absolute Gasteiger partial charge is 0.480 e. The van der Waals surface area contributed by atoms with Crippen LogP contribution in [0.4, 0.5) is 0 Å². The first-order chi connectivity index (χ1) is 7.59. The predicted molar refractivity (Wildman–Crippen MR) is 65.2 cm³/mol. The smallest absolute Gasteiger partial charge is 0.322 e. The lowest BCUT2D eigenvalue weighted by Gasteiger charge is -2.39. The van der Waals surface area contributed by atoms with Crippen molar-refractivity contribution in [1.29, 1.82) is 0 Å². The van der Waals surface area contributed by atoms with E-state index in [9.17, 15) is 18.3 Å². The minimum atomic E-state index is -3.57. The number of carboxylic acids is 1. The molecule has 1 rings (SSSR count). The molecule has 5 nitrogen and oxygen atoms in total. The summed E-state index contributed by atoms with van der Waals surface area (Å²) in [6, 6.07) is -0.923. The van der Waals surface area contributed by atoms with Crippen LogP contribution in [0.5, 0.6) is 0 Å². The maximum Gasteiger partial charge on any atom is 0.322 e. The lowest BCUT2D eigenvalue weighted by molar-refractivity contribution is -0.144. The second-order valence-corrected chi connectivity index (χ2v) is 8.27. The molecule has 2 atom stereocenters. The minimum Gasteiger partial charge on any atom is -0.480 e. The molecule has 0 radical (unpaired) electrons. The highest BCUT2D eigenvalue weighted by molar-refractivity contribution is 7.90. The molecule has 0 saturated carbocycles. The fraction of sp³-hybridized carbons (Fsp3) is 0.909. The molecule has 0 bridgehead atoms. The molecule has 1 aliphatic rings. The number of rotatable bonds is 2. The lowest BCUT2D eigenvalue weighted by Crippen LogP contribution is -2.55. The van der Waals surface area contributed by atoms with Crippen LogP contribution in [0.1, 0.15) is 40.5 Å². The van der Waals surface area contributed by atoms with E-state index in [2.05, 4.69) is 0 Å². The van der Waals surface area contributed by atoms with Crippen LogP contribution >= 0.6 is 0 Å². The second kappa shape index (κ2) is 4.57. The first-order valence-electron chi connectivity index (χ1n) is 5.83. The van der Waals surface area contributed by atoms with Gasteiger partial charge in [-0.05, 0) is 39.5 Å². The summed E-state index contributed by atoms with van der Waals surface area (Å²) in [6.07, 6.45) is 1.48. The van der Waals surface area contributed by atoms with Crippen LogP contribution in [0, 0.1) is 5.92 Å². The van der Waals surface area contributed by atoms with E-state index in [4.69, 9.17) is 0 Å². The van der Waals surface area contributed by atoms with Crippen molar-refractivity contribution in [1.82, 2.24) is 4.31 Å². The van der Waals surface area contributed by atoms with Crippen molar-refractivity contribution >= 4 is 16.0 Å². The van der Waals surface area contributed by atoms with Crippen LogP contribution in [-0.4, -0.2) is 41.1 Å². The maximum absolute atomic E-state index is 12.3. The van der Waals surface area contributed by atoms with Gasteiger partial charge in [0, 0.05) is 6.54 Å². The molecular formula is C11H21NO4S. The summed E-state index contributed by atoms with van der Waals surface area (Å²) in [5, 5.41) is 9.20. The Kier molecular flexibility index (Phi) is 3.88. The van der Waals surface area contributed by atoms with Gasteiger partial charge in [-0.1, -0.05) is 6.92 Å². The van der Waals surface area contributed by atoms with Crippen LogP contribution in [0.15, 0.2) is 0 Å². The molecular weight excluding hydrogens is 242 g/mol. The highest BCUT2D eigenvalue weighted by Crippen LogP contribution is 2.31. The number of hydrogen-bond acceptors (Lipinski definition) is 3. The number of aliphatic carboxylic acids is 1. The van der Waals surface area contributed by atoms with Gasteiger partial charge in [-0.3, -0.25) is 4.79 Å². The third-order valence-electron chi connectivity index (χ3n) is 3.22. The summed E-state index contributed by atoms with van der Waals surface area (Å²) in [5.41, 5.74) is 0. The molecule has 17 heavy (non-hydrogen) atoms. The van der Waals surface area contributed by atoms with E-state index in [0.717, 1.165) is 12.8 Å². The Morgan fingerprint density at radius 2 is 1.88 bits per heavy atom. The third-order valence-corrected chi connectivity index (χ3v) is 5.80. The predicted octanol–water partition coefficient (Wildman–Crippen LogP) is 1.30. The van der Waals surface area contributed by atoms with Gasteiger partial charge in [0.2, 0.25) is 10.0 Å². The van der Waals surface area contributed by atoms with E-state index in [1.807, 2.05) is 0 Å². The van der Waals surface area contributed by atoms with Gasteiger partial charge >= 0.3 is 5.97 Å². The molecule has 0 aromatic carbocycles. The van der Waals surface area contributed by atoms with Gasteiger partial charge < -0.3 is 5.11 Å². The fourth-order valence-electron chi connectivity index (χ4n) is 2.14. The average molecular weight is 263 g/mol. The molecule has 100 valence electrons. The van der Waals surface area contributed by atoms with Crippen molar-refractivity contribution < 1.29 is 18.3 Å². The van der Waals surface area contributed by atoms with Gasteiger partial charge in [0.15, 0.2) is 0 Å². The van der Waals surface area contributed by atoms with Crippen molar-refractivity contribution in [2.45, 2.75) is 51.3 Å². The molecule has 0 aliphatic carbocycles. The highest BCUT2D eigenvalue weighted by Gasteiger charge is 2.45. The molecule has 0 aromatic heterocycles. The van der Waals surface area contributed by atoms with Crippen molar-refractivity contribution in [2.24, 2.45) is 5.92 Å². The summed E-state index contributed by atoms with van der Waals surface area (Å²) in [4.78, 5) is 11.2. The van der Waals surface area contributed by atoms with Crippen molar-refractivity contribution in [2.75, 3.05) is 6.54 Å². The fourth-order valence-corrected chi connectivity index (χ4v) is 3.81. The van der Waals surface area contributed by atoms with Gasteiger partial charge in [-0.25, -0.2) is 8.42 Å². The molecule has 1 heterocycles. The Balaban J connectivity index is 3.15. The topological polar surface area (TPSA) is 74.7 Å². The van der Waals surface area contributed by atoms with E-state index in [-0.39, 0.29) is 5.92 Å². The molecule has 0 spiro atoms. The van der Waals surface area contributed by atoms with Gasteiger partial charge in [0.05, 0.1) is 4.75 Å². The molecule has 0 aromatic rings. The van der Waals surface area contributed by atoms with Crippen molar-refractivity contribution in [3.63, 3.8) is 0 Å². The average Bonchev–Trinajstić information content (AvgIpc) is 2.14. The first kappa shape index (κ1) is 14.4. The van der Waals surface area contributed by atoms with Gasteiger partial charge in [0.1, 0.15) is 6.04 Å². The van der Waals surface area contributed by atoms with Crippen LogP contribution < -0.4 is 0 Å². The van der Waals surface area contributed by atoms with E-state index in [1.54, 1.807) is 27.7 Å². The molecule has 1 saturated heterocycles. The van der Waals surface area contributed by atoms with Gasteiger partial charge in [0.25, 0.3) is 0 Å². The molecule has 2 unspecified atom stereocenters. The number of carbonyl (C=O) groups is 1. The normalized spacial score (nSPS) is 28.0. The van der Waals surface area contributed by atoms with Crippen molar-refractivity contribution in [3.8, 4) is 0 Å². The van der Waals surface area contributed by atoms with E-state index >= 15 is 0 Å². The number of sulfonamides is 1. The number of piperidine rings is 1. The summed E-state index contributed by atoms with van der Waals surface area (Å²) in [7, 11) is -3.57. The van der Waals surface area contributed by atoms with Crippen LogP contribution in [0.25, 0.3) is 0 Å². The van der Waals surface area contributed by atoms with E-state index in [0.29, 0.717) is 6.54 Å². The number of carboxylic acid groups (broad SMARTS) is 1. The highest BCUT2D eigenvalue weighted by atomic mass is 32.2. The Morgan fingerprint density at radius 3 is 2.29 bits per heavy atom. The van der Waals surface area contributed by atoms with Crippen LogP contribution in [0.2, 0.25) is 0 Å². The number of nitrogens with zero attached hydrogens (tertiary/aromatic N) is 1. The third kappa shape index (κ3) is 2.63. The van der Waals surface area contributed by atoms with Crippen LogP contribution in [0.3, 0.4) is 0 Å². The Hall–Kier alpha value is -0.620. The molecule has 6 heteroatoms. The van der Waals surface area contributed by atoms with Gasteiger partial charge in [-0.15, -0.1) is 0 Å². The lowest BCUT2D eigenvalue weighted by atomic mass is 9.93. The van der Waals surface area contributed by atoms with E-state index < -0.39 is 26.8 Å². The zero-order valence-electron chi connectivity index (χ0n) is 10.8. The van der Waals surface area contributed by atoms with E-state index in [1.165, 1.54) is 4.31 Å². The quantitative estimate of drug-likeness (QED) is 0.815. The molecule has 1 N–H and O–H groups in total. The SMILES string of the molecule is CC1CCCN(S(=O)(=O)C(C)(C)C)C1C(=O)O. The standard InChI is InChI=1S/C11H21NO4S/c1-8-6-5-7-12(9(8)10(13)14)17(15,16)11(2,3)4/h8-9H,5-7H2,1-4H3,(H,13,14). The molecule has 1 fully saturated rings. The summed E-state index contributed by atoms with van der Waals surface area (Å²) >= 11 is 0. The zero-order chi connectivity index (χ0) is 13.4. The minimum absolute atomic E-state index is 0.140. The summed E-state index contributed by atoms with van der Waals surface area (Å²) in [6.45, 7) is 6.89. The van der Waals surface area contributed by atoms with Gasteiger partial charge in [-0.2, -0.15) is 4.31 Å². The Morgan fingerprint density at radius 1 is 1.35 bits per heavy atom. The molecule has 0 amide bonds. The Bertz CT molecular complexity index is 396. The molecule has 1 aliphatic heterocycles. The monoisotopic (exact) mass is 263 g/mol. The zero-order valence-corrected chi connectivity index (χ0v) is 11.6. The second-order valence-electron chi connectivity index (χ2n) is 5.63. The summed E-state index contributed by atoms with van der Waals surface area (Å²) in [5.74, 6) is -1.19. The Labute approximate surface area is 103 Å². The summed E-state index contributed by atoms with van der Waals surface area (Å²) < 4.78 is 24.9. The van der Waals surface area contributed by atoms with Crippen molar-refractivity contribution in [3.05, 3.63) is 0 Å².